The maximum atomic E-state index is 6.51. The number of anilines is 1. The molecule has 1 aliphatic heterocycles. The zero-order valence-corrected chi connectivity index (χ0v) is 24.3. The van der Waals surface area contributed by atoms with Gasteiger partial charge in [-0.3, -0.25) is 4.98 Å². The summed E-state index contributed by atoms with van der Waals surface area (Å²) in [6.07, 6.45) is 1.79. The van der Waals surface area contributed by atoms with Crippen molar-refractivity contribution in [1.29, 1.82) is 0 Å². The normalized spacial score (nSPS) is 16.6. The number of hydrogen-bond donors (Lipinski definition) is 1. The molecule has 6 nitrogen and oxygen atoms in total. The predicted molar refractivity (Wildman–Crippen MR) is 164 cm³/mol. The van der Waals surface area contributed by atoms with Crippen molar-refractivity contribution in [3.8, 4) is 28.6 Å². The van der Waals surface area contributed by atoms with Gasteiger partial charge in [0.1, 0.15) is 34.8 Å². The number of nitrogens with zero attached hydrogens (tertiary/aromatic N) is 2. The van der Waals surface area contributed by atoms with Gasteiger partial charge in [-0.1, -0.05) is 28.1 Å². The number of hydrogen-bond acceptors (Lipinski definition) is 5. The molecular formula is C32H26BrN3O3S. The molecule has 1 N–H and O–H groups in total. The molecule has 0 spiro atoms. The molecule has 8 heteroatoms. The molecule has 40 heavy (non-hydrogen) atoms. The summed E-state index contributed by atoms with van der Waals surface area (Å²) in [5, 5.41) is 4.08. The largest absolute Gasteiger partial charge is 0.497 e. The summed E-state index contributed by atoms with van der Waals surface area (Å²) >= 11 is 9.56. The minimum absolute atomic E-state index is 0.204. The zero-order valence-electron chi connectivity index (χ0n) is 21.9. The fourth-order valence-electron chi connectivity index (χ4n) is 4.85. The fraction of sp³-hybridized carbons (Fsp3) is 0.125. The Morgan fingerprint density at radius 3 is 2.30 bits per heavy atom. The summed E-state index contributed by atoms with van der Waals surface area (Å²) in [7, 11) is 1.64. The van der Waals surface area contributed by atoms with Crippen LogP contribution in [-0.2, 0) is 0 Å². The molecule has 2 aromatic heterocycles. The van der Waals surface area contributed by atoms with Crippen LogP contribution < -0.4 is 19.7 Å². The van der Waals surface area contributed by atoms with E-state index in [4.69, 9.17) is 26.1 Å². The quantitative estimate of drug-likeness (QED) is 0.185. The van der Waals surface area contributed by atoms with Gasteiger partial charge in [-0.05, 0) is 110 Å². The van der Waals surface area contributed by atoms with Crippen LogP contribution in [0.15, 0.2) is 112 Å². The number of aryl methyl sites for hydroxylation is 1. The second-order valence-corrected chi connectivity index (χ2v) is 10.7. The van der Waals surface area contributed by atoms with E-state index < -0.39 is 0 Å². The molecule has 0 saturated carbocycles. The van der Waals surface area contributed by atoms with E-state index in [-0.39, 0.29) is 12.1 Å². The first-order valence-corrected chi connectivity index (χ1v) is 14.0. The summed E-state index contributed by atoms with van der Waals surface area (Å²) in [5.74, 6) is 3.79. The molecule has 0 radical (unpaired) electrons. The standard InChI is InChI=1S/C32H26BrN3O3S/c1-20-6-15-25(26(33)19-20)28-16-17-29(39-28)31-30(27-5-3-4-18-34-27)35-32(40)36(31)21-7-9-23(10-8-21)38-24-13-11-22(37-2)12-14-24/h3-19,30-31H,1-2H3,(H,35,40)/t30-,31-/m0/s1. The maximum Gasteiger partial charge on any atom is 0.174 e. The number of aromatic nitrogens is 1. The summed E-state index contributed by atoms with van der Waals surface area (Å²) in [5.41, 5.74) is 3.96. The number of halogens is 1. The smallest absolute Gasteiger partial charge is 0.174 e. The first-order valence-electron chi connectivity index (χ1n) is 12.8. The van der Waals surface area contributed by atoms with Crippen molar-refractivity contribution in [2.24, 2.45) is 0 Å². The van der Waals surface area contributed by atoms with Crippen molar-refractivity contribution in [3.05, 3.63) is 125 Å². The topological polar surface area (TPSA) is 59.8 Å². The van der Waals surface area contributed by atoms with Crippen molar-refractivity contribution in [2.75, 3.05) is 12.0 Å². The predicted octanol–water partition coefficient (Wildman–Crippen LogP) is 8.39. The van der Waals surface area contributed by atoms with Gasteiger partial charge in [-0.2, -0.15) is 0 Å². The van der Waals surface area contributed by atoms with Crippen LogP contribution >= 0.6 is 28.1 Å². The van der Waals surface area contributed by atoms with E-state index >= 15 is 0 Å². The summed E-state index contributed by atoms with van der Waals surface area (Å²) < 4.78 is 18.8. The van der Waals surface area contributed by atoms with Gasteiger partial charge in [0.25, 0.3) is 0 Å². The van der Waals surface area contributed by atoms with Crippen LogP contribution in [0.2, 0.25) is 0 Å². The number of nitrogens with one attached hydrogen (secondary N) is 1. The lowest BCUT2D eigenvalue weighted by Gasteiger charge is -2.26. The van der Waals surface area contributed by atoms with E-state index in [1.54, 1.807) is 13.3 Å². The molecule has 6 rings (SSSR count). The van der Waals surface area contributed by atoms with E-state index in [2.05, 4.69) is 56.3 Å². The first kappa shape index (κ1) is 26.1. The minimum atomic E-state index is -0.256. The number of methoxy groups -OCH3 is 1. The second kappa shape index (κ2) is 11.2. The Kier molecular flexibility index (Phi) is 7.28. The van der Waals surface area contributed by atoms with Crippen LogP contribution in [0.4, 0.5) is 5.69 Å². The highest BCUT2D eigenvalue weighted by Gasteiger charge is 2.42. The van der Waals surface area contributed by atoms with Crippen molar-refractivity contribution >= 4 is 38.9 Å². The van der Waals surface area contributed by atoms with Gasteiger partial charge in [-0.25, -0.2) is 0 Å². The minimum Gasteiger partial charge on any atom is -0.497 e. The van der Waals surface area contributed by atoms with Crippen LogP contribution in [0.1, 0.15) is 29.1 Å². The summed E-state index contributed by atoms with van der Waals surface area (Å²) in [6.45, 7) is 2.07. The number of benzene rings is 3. The third kappa shape index (κ3) is 5.20. The first-order chi connectivity index (χ1) is 19.5. The van der Waals surface area contributed by atoms with E-state index in [1.807, 2.05) is 78.9 Å². The number of furan rings is 1. The summed E-state index contributed by atoms with van der Waals surface area (Å²) in [4.78, 5) is 6.72. The van der Waals surface area contributed by atoms with Gasteiger partial charge < -0.3 is 24.1 Å². The van der Waals surface area contributed by atoms with Gasteiger partial charge in [0.2, 0.25) is 0 Å². The average molecular weight is 613 g/mol. The van der Waals surface area contributed by atoms with Gasteiger partial charge in [0.15, 0.2) is 5.11 Å². The molecule has 3 heterocycles. The van der Waals surface area contributed by atoms with Crippen molar-refractivity contribution in [1.82, 2.24) is 10.3 Å². The van der Waals surface area contributed by atoms with E-state index in [0.29, 0.717) is 10.9 Å². The Hall–Kier alpha value is -4.14. The molecular weight excluding hydrogens is 586 g/mol. The SMILES string of the molecule is COc1ccc(Oc2ccc(N3C(=S)N[C@@H](c4ccccn4)[C@@H]3c3ccc(-c4ccc(C)cc4Br)o3)cc2)cc1. The molecule has 1 fully saturated rings. The van der Waals surface area contributed by atoms with E-state index in [9.17, 15) is 0 Å². The van der Waals surface area contributed by atoms with Crippen LogP contribution in [-0.4, -0.2) is 17.2 Å². The van der Waals surface area contributed by atoms with Crippen LogP contribution in [0.5, 0.6) is 17.2 Å². The number of rotatable bonds is 7. The van der Waals surface area contributed by atoms with Gasteiger partial charge in [0, 0.05) is 21.9 Å². The Labute approximate surface area is 246 Å². The molecule has 0 amide bonds. The monoisotopic (exact) mass is 611 g/mol. The molecule has 0 unspecified atom stereocenters. The highest BCUT2D eigenvalue weighted by molar-refractivity contribution is 9.10. The number of pyridine rings is 1. The molecule has 1 saturated heterocycles. The Balaban J connectivity index is 1.33. The van der Waals surface area contributed by atoms with E-state index in [0.717, 1.165) is 44.4 Å². The maximum absolute atomic E-state index is 6.51. The molecule has 3 aromatic carbocycles. The molecule has 1 aliphatic rings. The fourth-order valence-corrected chi connectivity index (χ4v) is 5.89. The highest BCUT2D eigenvalue weighted by atomic mass is 79.9. The average Bonchev–Trinajstić information content (AvgIpc) is 3.59. The third-order valence-corrected chi connectivity index (χ3v) is 7.79. The highest BCUT2D eigenvalue weighted by Crippen LogP contribution is 2.44. The molecule has 2 atom stereocenters. The molecule has 200 valence electrons. The number of thiocarbonyl (C=S) groups is 1. The zero-order chi connectivity index (χ0) is 27.6. The number of ether oxygens (including phenoxy) is 2. The van der Waals surface area contributed by atoms with Gasteiger partial charge in [-0.15, -0.1) is 0 Å². The van der Waals surface area contributed by atoms with Crippen molar-refractivity contribution in [2.45, 2.75) is 19.0 Å². The molecule has 0 bridgehead atoms. The third-order valence-electron chi connectivity index (χ3n) is 6.82. The Morgan fingerprint density at radius 1 is 0.900 bits per heavy atom. The Morgan fingerprint density at radius 2 is 1.62 bits per heavy atom. The van der Waals surface area contributed by atoms with Gasteiger partial charge in [0.05, 0.1) is 18.8 Å². The molecule has 5 aromatic rings. The van der Waals surface area contributed by atoms with E-state index in [1.165, 1.54) is 5.56 Å². The van der Waals surface area contributed by atoms with Crippen LogP contribution in [0.3, 0.4) is 0 Å². The summed E-state index contributed by atoms with van der Waals surface area (Å²) in [6, 6.07) is 31.0. The lowest BCUT2D eigenvalue weighted by Crippen LogP contribution is -2.29. The lowest BCUT2D eigenvalue weighted by atomic mass is 10.0. The Bertz CT molecular complexity index is 1640. The lowest BCUT2D eigenvalue weighted by molar-refractivity contribution is 0.413. The molecule has 0 aliphatic carbocycles. The van der Waals surface area contributed by atoms with Crippen LogP contribution in [0, 0.1) is 6.92 Å². The van der Waals surface area contributed by atoms with Crippen molar-refractivity contribution in [3.63, 3.8) is 0 Å². The second-order valence-electron chi connectivity index (χ2n) is 9.45. The van der Waals surface area contributed by atoms with Crippen molar-refractivity contribution < 1.29 is 13.9 Å². The van der Waals surface area contributed by atoms with Crippen LogP contribution in [0.25, 0.3) is 11.3 Å². The van der Waals surface area contributed by atoms with Gasteiger partial charge >= 0.3 is 0 Å².